The Morgan fingerprint density at radius 1 is 1.44 bits per heavy atom. The van der Waals surface area contributed by atoms with Crippen molar-refractivity contribution in [3.63, 3.8) is 0 Å². The molecule has 0 saturated carbocycles. The minimum absolute atomic E-state index is 0.0305. The summed E-state index contributed by atoms with van der Waals surface area (Å²) in [6.45, 7) is 5.60. The van der Waals surface area contributed by atoms with Crippen LogP contribution in [0.3, 0.4) is 0 Å². The molecule has 1 aliphatic rings. The Kier molecular flexibility index (Phi) is 4.37. The molecular formula is C15H21NO2. The number of ether oxygens (including phenoxy) is 1. The Labute approximate surface area is 109 Å². The molecule has 98 valence electrons. The molecule has 2 rings (SSSR count). The van der Waals surface area contributed by atoms with Crippen LogP contribution in [0.15, 0.2) is 30.3 Å². The summed E-state index contributed by atoms with van der Waals surface area (Å²) in [5, 5.41) is 0. The van der Waals surface area contributed by atoms with Crippen LogP contribution in [0.1, 0.15) is 38.3 Å². The van der Waals surface area contributed by atoms with E-state index in [1.54, 1.807) is 0 Å². The van der Waals surface area contributed by atoms with Gasteiger partial charge in [-0.2, -0.15) is 0 Å². The Morgan fingerprint density at radius 2 is 2.17 bits per heavy atom. The van der Waals surface area contributed by atoms with Gasteiger partial charge in [0.1, 0.15) is 6.04 Å². The van der Waals surface area contributed by atoms with Gasteiger partial charge in [-0.3, -0.25) is 9.69 Å². The number of benzene rings is 1. The molecule has 0 aliphatic carbocycles. The molecule has 1 aromatic carbocycles. The predicted molar refractivity (Wildman–Crippen MR) is 71.2 cm³/mol. The largest absolute Gasteiger partial charge is 0.464 e. The number of unbranched alkanes of at least 4 members (excludes halogenated alkanes) is 1. The monoisotopic (exact) mass is 247 g/mol. The first-order chi connectivity index (χ1) is 8.74. The molecule has 1 aliphatic heterocycles. The first-order valence-corrected chi connectivity index (χ1v) is 6.71. The van der Waals surface area contributed by atoms with Crippen LogP contribution < -0.4 is 0 Å². The second-order valence-electron chi connectivity index (χ2n) is 4.82. The third-order valence-electron chi connectivity index (χ3n) is 3.44. The first-order valence-electron chi connectivity index (χ1n) is 6.71. The number of nitrogens with zero attached hydrogens (tertiary/aromatic N) is 1. The average molecular weight is 247 g/mol. The highest BCUT2D eigenvalue weighted by Crippen LogP contribution is 2.32. The van der Waals surface area contributed by atoms with Crippen LogP contribution in [0.2, 0.25) is 0 Å². The molecule has 3 heteroatoms. The zero-order valence-corrected chi connectivity index (χ0v) is 11.1. The van der Waals surface area contributed by atoms with Crippen molar-refractivity contribution >= 4 is 5.97 Å². The SMILES string of the molecule is CCCCOC(=O)C1CN1[C@H](C)c1ccccc1. The molecule has 0 spiro atoms. The molecule has 0 bridgehead atoms. The lowest BCUT2D eigenvalue weighted by Crippen LogP contribution is -2.18. The van der Waals surface area contributed by atoms with Gasteiger partial charge in [-0.1, -0.05) is 43.7 Å². The highest BCUT2D eigenvalue weighted by atomic mass is 16.5. The van der Waals surface area contributed by atoms with Gasteiger partial charge in [0, 0.05) is 12.6 Å². The summed E-state index contributed by atoms with van der Waals surface area (Å²) in [6.07, 6.45) is 2.01. The Bertz CT molecular complexity index is 391. The van der Waals surface area contributed by atoms with E-state index < -0.39 is 0 Å². The summed E-state index contributed by atoms with van der Waals surface area (Å²) in [4.78, 5) is 13.9. The summed E-state index contributed by atoms with van der Waals surface area (Å²) >= 11 is 0. The average Bonchev–Trinajstić information content (AvgIpc) is 3.19. The molecule has 1 heterocycles. The number of hydrogen-bond acceptors (Lipinski definition) is 3. The lowest BCUT2D eigenvalue weighted by atomic mass is 10.1. The predicted octanol–water partition coefficient (Wildman–Crippen LogP) is 2.78. The maximum absolute atomic E-state index is 11.8. The van der Waals surface area contributed by atoms with Gasteiger partial charge in [0.25, 0.3) is 0 Å². The fourth-order valence-electron chi connectivity index (χ4n) is 2.13. The normalized spacial score (nSPS) is 23.4. The Hall–Kier alpha value is -1.35. The maximum atomic E-state index is 11.8. The molecule has 2 unspecified atom stereocenters. The van der Waals surface area contributed by atoms with Gasteiger partial charge < -0.3 is 4.74 Å². The molecular weight excluding hydrogens is 226 g/mol. The topological polar surface area (TPSA) is 29.3 Å². The van der Waals surface area contributed by atoms with Crippen molar-refractivity contribution in [3.8, 4) is 0 Å². The highest BCUT2D eigenvalue weighted by molar-refractivity contribution is 5.79. The molecule has 3 nitrogen and oxygen atoms in total. The molecule has 18 heavy (non-hydrogen) atoms. The quantitative estimate of drug-likeness (QED) is 0.440. The van der Waals surface area contributed by atoms with E-state index in [0.29, 0.717) is 6.61 Å². The van der Waals surface area contributed by atoms with Crippen molar-refractivity contribution in [2.24, 2.45) is 0 Å². The van der Waals surface area contributed by atoms with Gasteiger partial charge in [-0.05, 0) is 18.9 Å². The Morgan fingerprint density at radius 3 is 2.83 bits per heavy atom. The van der Waals surface area contributed by atoms with E-state index in [2.05, 4.69) is 30.9 Å². The smallest absolute Gasteiger partial charge is 0.324 e. The number of carbonyl (C=O) groups excluding carboxylic acids is 1. The fraction of sp³-hybridized carbons (Fsp3) is 0.533. The zero-order valence-electron chi connectivity index (χ0n) is 11.1. The minimum atomic E-state index is -0.0637. The summed E-state index contributed by atoms with van der Waals surface area (Å²) < 4.78 is 5.24. The van der Waals surface area contributed by atoms with Gasteiger partial charge in [0.05, 0.1) is 6.61 Å². The van der Waals surface area contributed by atoms with Gasteiger partial charge in [0.2, 0.25) is 0 Å². The van der Waals surface area contributed by atoms with E-state index in [4.69, 9.17) is 4.74 Å². The zero-order chi connectivity index (χ0) is 13.0. The summed E-state index contributed by atoms with van der Waals surface area (Å²) in [6, 6.07) is 10.5. The van der Waals surface area contributed by atoms with E-state index >= 15 is 0 Å². The van der Waals surface area contributed by atoms with E-state index in [1.165, 1.54) is 5.56 Å². The van der Waals surface area contributed by atoms with Crippen LogP contribution in [0.4, 0.5) is 0 Å². The summed E-state index contributed by atoms with van der Waals surface area (Å²) in [5.74, 6) is -0.0637. The van der Waals surface area contributed by atoms with Crippen molar-refractivity contribution in [1.29, 1.82) is 0 Å². The van der Waals surface area contributed by atoms with Gasteiger partial charge in [-0.15, -0.1) is 0 Å². The minimum Gasteiger partial charge on any atom is -0.464 e. The Balaban J connectivity index is 1.82. The van der Waals surface area contributed by atoms with Crippen LogP contribution in [-0.2, 0) is 9.53 Å². The van der Waals surface area contributed by atoms with Crippen LogP contribution in [0.25, 0.3) is 0 Å². The third kappa shape index (κ3) is 3.10. The van der Waals surface area contributed by atoms with Gasteiger partial charge in [-0.25, -0.2) is 0 Å². The molecule has 0 amide bonds. The molecule has 3 atom stereocenters. The number of hydrogen-bond donors (Lipinski definition) is 0. The lowest BCUT2D eigenvalue weighted by molar-refractivity contribution is -0.144. The molecule has 1 fully saturated rings. The lowest BCUT2D eigenvalue weighted by Gasteiger charge is -2.14. The van der Waals surface area contributed by atoms with Crippen LogP contribution in [0.5, 0.6) is 0 Å². The number of esters is 1. The van der Waals surface area contributed by atoms with Gasteiger partial charge >= 0.3 is 5.97 Å². The highest BCUT2D eigenvalue weighted by Gasteiger charge is 2.44. The molecule has 0 radical (unpaired) electrons. The van der Waals surface area contributed by atoms with Crippen molar-refractivity contribution in [3.05, 3.63) is 35.9 Å². The molecule has 0 N–H and O–H groups in total. The molecule has 1 saturated heterocycles. The molecule has 1 aromatic rings. The number of carbonyl (C=O) groups is 1. The van der Waals surface area contributed by atoms with Crippen molar-refractivity contribution in [2.45, 2.75) is 38.8 Å². The van der Waals surface area contributed by atoms with Crippen molar-refractivity contribution < 1.29 is 9.53 Å². The standard InChI is InChI=1S/C15H21NO2/c1-3-4-10-18-15(17)14-11-16(14)12(2)13-8-6-5-7-9-13/h5-9,12,14H,3-4,10-11H2,1-2H3/t12-,14?,16?/m1/s1. The van der Waals surface area contributed by atoms with Crippen molar-refractivity contribution in [1.82, 2.24) is 4.90 Å². The second-order valence-corrected chi connectivity index (χ2v) is 4.82. The van der Waals surface area contributed by atoms with E-state index in [9.17, 15) is 4.79 Å². The first kappa shape index (κ1) is 13.1. The molecule has 0 aromatic heterocycles. The summed E-state index contributed by atoms with van der Waals surface area (Å²) in [7, 11) is 0. The fourth-order valence-corrected chi connectivity index (χ4v) is 2.13. The van der Waals surface area contributed by atoms with Crippen LogP contribution in [-0.4, -0.2) is 30.1 Å². The second kappa shape index (κ2) is 6.01. The van der Waals surface area contributed by atoms with E-state index in [1.807, 2.05) is 18.2 Å². The maximum Gasteiger partial charge on any atom is 0.324 e. The van der Waals surface area contributed by atoms with Crippen LogP contribution in [0, 0.1) is 0 Å². The van der Waals surface area contributed by atoms with Gasteiger partial charge in [0.15, 0.2) is 0 Å². The van der Waals surface area contributed by atoms with Crippen LogP contribution >= 0.6 is 0 Å². The van der Waals surface area contributed by atoms with E-state index in [-0.39, 0.29) is 18.1 Å². The van der Waals surface area contributed by atoms with E-state index in [0.717, 1.165) is 19.4 Å². The number of rotatable bonds is 6. The van der Waals surface area contributed by atoms with Crippen molar-refractivity contribution in [2.75, 3.05) is 13.2 Å². The third-order valence-corrected chi connectivity index (χ3v) is 3.44. The summed E-state index contributed by atoms with van der Waals surface area (Å²) in [5.41, 5.74) is 1.25.